The Labute approximate surface area is 222 Å². The van der Waals surface area contributed by atoms with E-state index in [-0.39, 0.29) is 11.8 Å². The summed E-state index contributed by atoms with van der Waals surface area (Å²) in [6.07, 6.45) is 2.37. The zero-order valence-corrected chi connectivity index (χ0v) is 21.5. The van der Waals surface area contributed by atoms with E-state index in [1.165, 1.54) is 11.8 Å². The second-order valence-corrected chi connectivity index (χ2v) is 9.69. The molecule has 1 unspecified atom stereocenters. The maximum Gasteiger partial charge on any atom is 0.242 e. The predicted octanol–water partition coefficient (Wildman–Crippen LogP) is 8.08. The molecule has 0 saturated heterocycles. The van der Waals surface area contributed by atoms with E-state index >= 15 is 0 Å². The van der Waals surface area contributed by atoms with Crippen LogP contribution >= 0.6 is 11.8 Å². The minimum Gasteiger partial charge on any atom is -0.457 e. The van der Waals surface area contributed by atoms with Gasteiger partial charge in [-0.2, -0.15) is 0 Å². The maximum atomic E-state index is 13.4. The van der Waals surface area contributed by atoms with Gasteiger partial charge >= 0.3 is 0 Å². The Morgan fingerprint density at radius 1 is 0.730 bits per heavy atom. The number of ether oxygens (including phenoxy) is 1. The highest BCUT2D eigenvalue weighted by Gasteiger charge is 2.22. The van der Waals surface area contributed by atoms with E-state index in [0.29, 0.717) is 17.9 Å². The topological polar surface area (TPSA) is 67.4 Å². The fraction of sp³-hybridized carbons (Fsp3) is 0.161. The highest BCUT2D eigenvalue weighted by Crippen LogP contribution is 2.37. The molecule has 0 bridgehead atoms. The molecule has 0 radical (unpaired) electrons. The predicted molar refractivity (Wildman–Crippen MR) is 151 cm³/mol. The first kappa shape index (κ1) is 26.0. The maximum absolute atomic E-state index is 13.4. The molecule has 5 nitrogen and oxygen atoms in total. The van der Waals surface area contributed by atoms with Crippen molar-refractivity contribution in [3.05, 3.63) is 115 Å². The summed E-state index contributed by atoms with van der Waals surface area (Å²) in [7, 11) is 0. The Hall–Kier alpha value is -4.03. The molecule has 0 saturated carbocycles. The molecule has 4 rings (SSSR count). The molecule has 2 N–H and O–H groups in total. The fourth-order valence-corrected chi connectivity index (χ4v) is 4.68. The van der Waals surface area contributed by atoms with E-state index in [1.807, 2.05) is 109 Å². The smallest absolute Gasteiger partial charge is 0.242 e. The molecule has 2 amide bonds. The number of hydrogen-bond donors (Lipinski definition) is 2. The molecule has 0 spiro atoms. The van der Waals surface area contributed by atoms with E-state index < -0.39 is 5.25 Å². The van der Waals surface area contributed by atoms with Gasteiger partial charge < -0.3 is 15.4 Å². The van der Waals surface area contributed by atoms with Gasteiger partial charge in [0.05, 0.1) is 0 Å². The standard InChI is InChI=1S/C31H30N2O3S/c1-2-3-14-29(34)32-24-17-21-28(22-18-24)37-30(23-10-6-4-7-11-23)31(35)33-25-15-19-27(20-16-25)36-26-12-8-5-9-13-26/h4-13,15-22,30H,2-3,14H2,1H3,(H,32,34)(H,33,35). The van der Waals surface area contributed by atoms with Crippen LogP contribution in [-0.2, 0) is 9.59 Å². The minimum absolute atomic E-state index is 0.0176. The van der Waals surface area contributed by atoms with Gasteiger partial charge in [0, 0.05) is 22.7 Å². The highest BCUT2D eigenvalue weighted by atomic mass is 32.2. The molecule has 0 fully saturated rings. The molecular weight excluding hydrogens is 480 g/mol. The van der Waals surface area contributed by atoms with Crippen LogP contribution in [0, 0.1) is 0 Å². The third-order valence-corrected chi connectivity index (χ3v) is 6.86. The number of rotatable bonds is 11. The average Bonchev–Trinajstić information content (AvgIpc) is 2.93. The Bertz CT molecular complexity index is 1280. The molecule has 0 aliphatic rings. The number of nitrogens with one attached hydrogen (secondary N) is 2. The van der Waals surface area contributed by atoms with E-state index in [2.05, 4.69) is 17.6 Å². The first-order chi connectivity index (χ1) is 18.1. The molecule has 188 valence electrons. The first-order valence-electron chi connectivity index (χ1n) is 12.4. The number of carbonyl (C=O) groups is 2. The molecular formula is C31H30N2O3S. The number of hydrogen-bond acceptors (Lipinski definition) is 4. The summed E-state index contributed by atoms with van der Waals surface area (Å²) in [6, 6.07) is 34.2. The molecule has 0 aromatic heterocycles. The monoisotopic (exact) mass is 510 g/mol. The number of thioether (sulfide) groups is 1. The van der Waals surface area contributed by atoms with Gasteiger partial charge in [-0.3, -0.25) is 9.59 Å². The summed E-state index contributed by atoms with van der Waals surface area (Å²) in [6.45, 7) is 2.06. The lowest BCUT2D eigenvalue weighted by Gasteiger charge is -2.18. The Morgan fingerprint density at radius 3 is 1.95 bits per heavy atom. The van der Waals surface area contributed by atoms with Crippen molar-refractivity contribution in [2.24, 2.45) is 0 Å². The van der Waals surface area contributed by atoms with Crippen molar-refractivity contribution < 1.29 is 14.3 Å². The third-order valence-electron chi connectivity index (χ3n) is 5.59. The average molecular weight is 511 g/mol. The SMILES string of the molecule is CCCCC(=O)Nc1ccc(SC(C(=O)Nc2ccc(Oc3ccccc3)cc2)c2ccccc2)cc1. The highest BCUT2D eigenvalue weighted by molar-refractivity contribution is 8.00. The number of anilines is 2. The van der Waals surface area contributed by atoms with Crippen LogP contribution in [0.15, 0.2) is 114 Å². The van der Waals surface area contributed by atoms with Crippen molar-refractivity contribution in [2.75, 3.05) is 10.6 Å². The van der Waals surface area contributed by atoms with Gasteiger partial charge in [-0.05, 0) is 72.6 Å². The lowest BCUT2D eigenvalue weighted by atomic mass is 10.1. The van der Waals surface area contributed by atoms with Gasteiger partial charge in [0.15, 0.2) is 0 Å². The van der Waals surface area contributed by atoms with E-state index in [9.17, 15) is 9.59 Å². The zero-order valence-electron chi connectivity index (χ0n) is 20.7. The van der Waals surface area contributed by atoms with E-state index in [4.69, 9.17) is 4.74 Å². The van der Waals surface area contributed by atoms with Gasteiger partial charge in [0.1, 0.15) is 16.7 Å². The Morgan fingerprint density at radius 2 is 1.30 bits per heavy atom. The third kappa shape index (κ3) is 7.98. The van der Waals surface area contributed by atoms with Crippen LogP contribution < -0.4 is 15.4 Å². The number of amides is 2. The molecule has 37 heavy (non-hydrogen) atoms. The largest absolute Gasteiger partial charge is 0.457 e. The van der Waals surface area contributed by atoms with Gasteiger partial charge in [-0.25, -0.2) is 0 Å². The number of unbranched alkanes of at least 4 members (excludes halogenated alkanes) is 1. The quantitative estimate of drug-likeness (QED) is 0.200. The molecule has 0 aliphatic heterocycles. The summed E-state index contributed by atoms with van der Waals surface area (Å²) in [5.41, 5.74) is 2.35. The summed E-state index contributed by atoms with van der Waals surface area (Å²) in [4.78, 5) is 26.3. The van der Waals surface area contributed by atoms with E-state index in [1.54, 1.807) is 0 Å². The van der Waals surface area contributed by atoms with Crippen LogP contribution in [0.4, 0.5) is 11.4 Å². The van der Waals surface area contributed by atoms with Gasteiger partial charge in [0.25, 0.3) is 0 Å². The number of carbonyl (C=O) groups excluding carboxylic acids is 2. The van der Waals surface area contributed by atoms with Gasteiger partial charge in [-0.15, -0.1) is 11.8 Å². The second kappa shape index (κ2) is 13.3. The van der Waals surface area contributed by atoms with Crippen LogP contribution in [-0.4, -0.2) is 11.8 Å². The normalized spacial score (nSPS) is 11.4. The van der Waals surface area contributed by atoms with Crippen molar-refractivity contribution in [3.8, 4) is 11.5 Å². The van der Waals surface area contributed by atoms with Crippen molar-refractivity contribution in [1.82, 2.24) is 0 Å². The Kier molecular flexibility index (Phi) is 9.38. The van der Waals surface area contributed by atoms with Gasteiger partial charge in [-0.1, -0.05) is 61.9 Å². The van der Waals surface area contributed by atoms with Crippen LogP contribution in [0.1, 0.15) is 37.0 Å². The summed E-state index contributed by atoms with van der Waals surface area (Å²) < 4.78 is 5.84. The zero-order chi connectivity index (χ0) is 25.9. The molecule has 6 heteroatoms. The minimum atomic E-state index is -0.452. The van der Waals surface area contributed by atoms with E-state index in [0.717, 1.165) is 34.7 Å². The lowest BCUT2D eigenvalue weighted by molar-refractivity contribution is -0.116. The summed E-state index contributed by atoms with van der Waals surface area (Å²) in [5.74, 6) is 1.35. The van der Waals surface area contributed by atoms with Crippen molar-refractivity contribution in [2.45, 2.75) is 36.3 Å². The first-order valence-corrected chi connectivity index (χ1v) is 13.2. The number of benzene rings is 4. The van der Waals surface area contributed by atoms with Gasteiger partial charge in [0.2, 0.25) is 11.8 Å². The van der Waals surface area contributed by atoms with Crippen molar-refractivity contribution in [1.29, 1.82) is 0 Å². The van der Waals surface area contributed by atoms with Crippen LogP contribution in [0.2, 0.25) is 0 Å². The fourth-order valence-electron chi connectivity index (χ4n) is 3.65. The van der Waals surface area contributed by atoms with Crippen LogP contribution in [0.25, 0.3) is 0 Å². The summed E-state index contributed by atoms with van der Waals surface area (Å²) in [5, 5.41) is 5.51. The van der Waals surface area contributed by atoms with Crippen molar-refractivity contribution in [3.63, 3.8) is 0 Å². The molecule has 4 aromatic rings. The molecule has 0 heterocycles. The molecule has 4 aromatic carbocycles. The molecule has 1 atom stereocenters. The lowest BCUT2D eigenvalue weighted by Crippen LogP contribution is -2.19. The number of para-hydroxylation sites is 1. The van der Waals surface area contributed by atoms with Crippen LogP contribution in [0.3, 0.4) is 0 Å². The molecule has 0 aliphatic carbocycles. The Balaban J connectivity index is 1.43. The summed E-state index contributed by atoms with van der Waals surface area (Å²) >= 11 is 1.47. The van der Waals surface area contributed by atoms with Crippen LogP contribution in [0.5, 0.6) is 11.5 Å². The second-order valence-electron chi connectivity index (χ2n) is 8.51. The van der Waals surface area contributed by atoms with Crippen molar-refractivity contribution >= 4 is 35.0 Å².